The third-order valence-electron chi connectivity index (χ3n) is 3.32. The number of anilines is 1. The fourth-order valence-corrected chi connectivity index (χ4v) is 2.77. The third-order valence-corrected chi connectivity index (χ3v) is 4.80. The zero-order valence-corrected chi connectivity index (χ0v) is 13.0. The van der Waals surface area contributed by atoms with Crippen LogP contribution in [-0.2, 0) is 4.79 Å². The average molecular weight is 291 g/mol. The zero-order chi connectivity index (χ0) is 14.6. The lowest BCUT2D eigenvalue weighted by molar-refractivity contribution is -0.115. The third kappa shape index (κ3) is 4.00. The molecular weight excluding hydrogens is 270 g/mol. The van der Waals surface area contributed by atoms with Gasteiger partial charge in [-0.1, -0.05) is 32.9 Å². The fourth-order valence-electron chi connectivity index (χ4n) is 1.73. The molecule has 0 atom stereocenters. The number of rotatable bonds is 6. The van der Waals surface area contributed by atoms with Crippen molar-refractivity contribution in [1.82, 2.24) is 9.97 Å². The van der Waals surface area contributed by atoms with Crippen LogP contribution in [0.1, 0.15) is 33.6 Å². The largest absolute Gasteiger partial charge is 0.324 e. The summed E-state index contributed by atoms with van der Waals surface area (Å²) in [6, 6.07) is 7.73. The summed E-state index contributed by atoms with van der Waals surface area (Å²) in [5.74, 6) is 1.35. The van der Waals surface area contributed by atoms with Crippen LogP contribution in [0.2, 0.25) is 0 Å². The lowest BCUT2D eigenvalue weighted by Crippen LogP contribution is -2.17. The Morgan fingerprint density at radius 3 is 2.85 bits per heavy atom. The molecule has 0 spiro atoms. The van der Waals surface area contributed by atoms with E-state index in [9.17, 15) is 4.79 Å². The molecule has 108 valence electrons. The molecule has 1 aromatic carbocycles. The van der Waals surface area contributed by atoms with Gasteiger partial charge in [-0.05, 0) is 18.6 Å². The van der Waals surface area contributed by atoms with E-state index in [1.165, 1.54) is 0 Å². The van der Waals surface area contributed by atoms with Crippen molar-refractivity contribution in [1.29, 1.82) is 0 Å². The van der Waals surface area contributed by atoms with E-state index in [0.717, 1.165) is 23.2 Å². The van der Waals surface area contributed by atoms with Crippen LogP contribution >= 0.6 is 11.8 Å². The van der Waals surface area contributed by atoms with Crippen molar-refractivity contribution in [2.24, 2.45) is 0 Å². The maximum Gasteiger partial charge on any atom is 0.227 e. The van der Waals surface area contributed by atoms with Crippen LogP contribution in [0.15, 0.2) is 24.3 Å². The lowest BCUT2D eigenvalue weighted by Gasteiger charge is -2.21. The molecule has 0 aliphatic carbocycles. The monoisotopic (exact) mass is 291 g/mol. The van der Waals surface area contributed by atoms with Gasteiger partial charge in [0.25, 0.3) is 0 Å². The zero-order valence-electron chi connectivity index (χ0n) is 12.2. The van der Waals surface area contributed by atoms with Crippen LogP contribution in [0.5, 0.6) is 0 Å². The number of nitrogens with one attached hydrogen (secondary N) is 2. The number of para-hydroxylation sites is 2. The highest BCUT2D eigenvalue weighted by Gasteiger charge is 2.16. The van der Waals surface area contributed by atoms with Crippen molar-refractivity contribution in [3.63, 3.8) is 0 Å². The van der Waals surface area contributed by atoms with Gasteiger partial charge in [0.2, 0.25) is 11.9 Å². The molecule has 0 radical (unpaired) electrons. The standard InChI is InChI=1S/C15H21N3OS/c1-4-15(2,3)20-10-9-13(19)18-14-16-11-7-5-6-8-12(11)17-14/h5-8H,4,9-10H2,1-3H3,(H2,16,17,18,19). The first-order valence-electron chi connectivity index (χ1n) is 6.89. The minimum absolute atomic E-state index is 0.00320. The average Bonchev–Trinajstić information content (AvgIpc) is 2.80. The number of carbonyl (C=O) groups is 1. The van der Waals surface area contributed by atoms with E-state index in [1.54, 1.807) is 0 Å². The molecule has 1 aromatic heterocycles. The van der Waals surface area contributed by atoms with Gasteiger partial charge in [-0.2, -0.15) is 11.8 Å². The minimum atomic E-state index is 0.00320. The summed E-state index contributed by atoms with van der Waals surface area (Å²) in [5, 5.41) is 2.82. The highest BCUT2D eigenvalue weighted by molar-refractivity contribution is 8.00. The number of carbonyl (C=O) groups excluding carboxylic acids is 1. The van der Waals surface area contributed by atoms with Gasteiger partial charge in [-0.3, -0.25) is 10.1 Å². The predicted molar refractivity (Wildman–Crippen MR) is 86.2 cm³/mol. The summed E-state index contributed by atoms with van der Waals surface area (Å²) < 4.78 is 0.236. The molecule has 0 aliphatic heterocycles. The molecule has 1 amide bonds. The van der Waals surface area contributed by atoms with Crippen LogP contribution < -0.4 is 5.32 Å². The number of aromatic amines is 1. The molecule has 0 fully saturated rings. The number of benzene rings is 1. The molecular formula is C15H21N3OS. The Hall–Kier alpha value is -1.49. The molecule has 0 aliphatic rings. The Balaban J connectivity index is 1.85. The molecule has 5 heteroatoms. The maximum atomic E-state index is 11.9. The fraction of sp³-hybridized carbons (Fsp3) is 0.467. The molecule has 0 saturated carbocycles. The van der Waals surface area contributed by atoms with Gasteiger partial charge in [-0.15, -0.1) is 0 Å². The van der Waals surface area contributed by atoms with Gasteiger partial charge >= 0.3 is 0 Å². The number of hydrogen-bond donors (Lipinski definition) is 2. The van der Waals surface area contributed by atoms with Gasteiger partial charge in [0.05, 0.1) is 11.0 Å². The van der Waals surface area contributed by atoms with Crippen LogP contribution in [0.4, 0.5) is 5.95 Å². The van der Waals surface area contributed by atoms with Crippen LogP contribution in [0, 0.1) is 0 Å². The van der Waals surface area contributed by atoms with E-state index in [-0.39, 0.29) is 10.7 Å². The Kier molecular flexibility index (Phi) is 4.70. The van der Waals surface area contributed by atoms with Gasteiger partial charge < -0.3 is 4.98 Å². The summed E-state index contributed by atoms with van der Waals surface area (Å²) in [7, 11) is 0. The molecule has 20 heavy (non-hydrogen) atoms. The van der Waals surface area contributed by atoms with Crippen molar-refractivity contribution in [2.75, 3.05) is 11.1 Å². The van der Waals surface area contributed by atoms with E-state index in [1.807, 2.05) is 36.0 Å². The molecule has 0 unspecified atom stereocenters. The van der Waals surface area contributed by atoms with Crippen molar-refractivity contribution in [3.8, 4) is 0 Å². The number of amides is 1. The van der Waals surface area contributed by atoms with Crippen LogP contribution in [0.3, 0.4) is 0 Å². The Morgan fingerprint density at radius 1 is 1.40 bits per heavy atom. The van der Waals surface area contributed by atoms with Gasteiger partial charge in [0, 0.05) is 16.9 Å². The maximum absolute atomic E-state index is 11.9. The number of thioether (sulfide) groups is 1. The first-order valence-corrected chi connectivity index (χ1v) is 7.87. The Morgan fingerprint density at radius 2 is 2.15 bits per heavy atom. The summed E-state index contributed by atoms with van der Waals surface area (Å²) >= 11 is 1.83. The van der Waals surface area contributed by atoms with Gasteiger partial charge in [0.1, 0.15) is 0 Å². The van der Waals surface area contributed by atoms with Crippen molar-refractivity contribution < 1.29 is 4.79 Å². The quantitative estimate of drug-likeness (QED) is 0.850. The normalized spacial score (nSPS) is 11.8. The summed E-state index contributed by atoms with van der Waals surface area (Å²) in [6.45, 7) is 6.57. The first-order chi connectivity index (χ1) is 9.50. The van der Waals surface area contributed by atoms with Gasteiger partial charge in [0.15, 0.2) is 0 Å². The van der Waals surface area contributed by atoms with E-state index in [2.05, 4.69) is 36.1 Å². The molecule has 0 bridgehead atoms. The minimum Gasteiger partial charge on any atom is -0.324 e. The SMILES string of the molecule is CCC(C)(C)SCCC(=O)Nc1nc2ccccc2[nH]1. The molecule has 4 nitrogen and oxygen atoms in total. The van der Waals surface area contributed by atoms with E-state index in [4.69, 9.17) is 0 Å². The molecule has 2 rings (SSSR count). The predicted octanol–water partition coefficient (Wildman–Crippen LogP) is 3.81. The van der Waals surface area contributed by atoms with Crippen molar-refractivity contribution >= 4 is 34.7 Å². The second-order valence-electron chi connectivity index (χ2n) is 5.36. The first kappa shape index (κ1) is 14.9. The highest BCUT2D eigenvalue weighted by atomic mass is 32.2. The number of imidazole rings is 1. The lowest BCUT2D eigenvalue weighted by atomic mass is 10.1. The number of nitrogens with zero attached hydrogens (tertiary/aromatic N) is 1. The number of hydrogen-bond acceptors (Lipinski definition) is 3. The topological polar surface area (TPSA) is 57.8 Å². The smallest absolute Gasteiger partial charge is 0.227 e. The van der Waals surface area contributed by atoms with Crippen molar-refractivity contribution in [2.45, 2.75) is 38.4 Å². The highest BCUT2D eigenvalue weighted by Crippen LogP contribution is 2.28. The van der Waals surface area contributed by atoms with E-state index in [0.29, 0.717) is 12.4 Å². The van der Waals surface area contributed by atoms with E-state index >= 15 is 0 Å². The van der Waals surface area contributed by atoms with Gasteiger partial charge in [-0.25, -0.2) is 4.98 Å². The Labute approximate surface area is 123 Å². The molecule has 2 aromatic rings. The summed E-state index contributed by atoms with van der Waals surface area (Å²) in [5.41, 5.74) is 1.80. The van der Waals surface area contributed by atoms with Crippen molar-refractivity contribution in [3.05, 3.63) is 24.3 Å². The van der Waals surface area contributed by atoms with E-state index < -0.39 is 0 Å². The number of aromatic nitrogens is 2. The summed E-state index contributed by atoms with van der Waals surface area (Å²) in [6.07, 6.45) is 1.61. The van der Waals surface area contributed by atoms with Crippen LogP contribution in [0.25, 0.3) is 11.0 Å². The second kappa shape index (κ2) is 6.31. The summed E-state index contributed by atoms with van der Waals surface area (Å²) in [4.78, 5) is 19.3. The molecule has 2 N–H and O–H groups in total. The van der Waals surface area contributed by atoms with Crippen LogP contribution in [-0.4, -0.2) is 26.4 Å². The number of fused-ring (bicyclic) bond motifs is 1. The molecule has 0 saturated heterocycles. The Bertz CT molecular complexity index is 559. The second-order valence-corrected chi connectivity index (χ2v) is 7.16. The number of H-pyrrole nitrogens is 1. The molecule has 1 heterocycles.